The van der Waals surface area contributed by atoms with Gasteiger partial charge in [0.2, 0.25) is 0 Å². The lowest BCUT2D eigenvalue weighted by Gasteiger charge is -2.32. The van der Waals surface area contributed by atoms with Crippen molar-refractivity contribution in [3.63, 3.8) is 0 Å². The number of rotatable bonds is 3. The number of hydrogen-bond donors (Lipinski definition) is 0. The van der Waals surface area contributed by atoms with Crippen molar-refractivity contribution in [3.05, 3.63) is 70.5 Å². The van der Waals surface area contributed by atoms with Crippen LogP contribution in [-0.2, 0) is 0 Å². The molecular weight excluding hydrogens is 329 g/mol. The Balaban J connectivity index is 1.74. The molecule has 0 saturated carbocycles. The van der Waals surface area contributed by atoms with Crippen LogP contribution in [0.25, 0.3) is 0 Å². The number of Topliss-reactive ketones (excluding diaryl/α,β-unsaturated/α-hetero) is 1. The lowest BCUT2D eigenvalue weighted by molar-refractivity contribution is 0.0637. The Bertz CT molecular complexity index is 760. The molecule has 124 valence electrons. The van der Waals surface area contributed by atoms with Crippen LogP contribution in [0, 0.1) is 11.7 Å². The lowest BCUT2D eigenvalue weighted by atomic mass is 9.89. The SMILES string of the molecule is O=C(c1ccc(F)cc1)[C@H]1CCCN(C(=O)c2ccccc2Cl)C1. The monoisotopic (exact) mass is 345 g/mol. The van der Waals surface area contributed by atoms with Gasteiger partial charge in [0, 0.05) is 24.6 Å². The van der Waals surface area contributed by atoms with E-state index in [1.54, 1.807) is 29.2 Å². The van der Waals surface area contributed by atoms with Crippen LogP contribution in [0.5, 0.6) is 0 Å². The minimum absolute atomic E-state index is 0.0494. The number of halogens is 2. The van der Waals surface area contributed by atoms with Crippen molar-refractivity contribution in [2.24, 2.45) is 5.92 Å². The maximum atomic E-state index is 13.0. The van der Waals surface area contributed by atoms with Crippen LogP contribution in [0.1, 0.15) is 33.6 Å². The molecule has 2 aromatic carbocycles. The second kappa shape index (κ2) is 7.14. The molecule has 0 bridgehead atoms. The van der Waals surface area contributed by atoms with Gasteiger partial charge in [0.05, 0.1) is 10.6 Å². The van der Waals surface area contributed by atoms with Gasteiger partial charge in [-0.25, -0.2) is 4.39 Å². The predicted octanol–water partition coefficient (Wildman–Crippen LogP) is 4.21. The standard InChI is InChI=1S/C19H17ClFNO2/c20-17-6-2-1-5-16(17)19(24)22-11-3-4-14(12-22)18(23)13-7-9-15(21)10-8-13/h1-2,5-10,14H,3-4,11-12H2/t14-/m0/s1. The topological polar surface area (TPSA) is 37.4 Å². The maximum absolute atomic E-state index is 13.0. The van der Waals surface area contributed by atoms with Gasteiger partial charge < -0.3 is 4.90 Å². The Morgan fingerprint density at radius 2 is 1.79 bits per heavy atom. The summed E-state index contributed by atoms with van der Waals surface area (Å²) in [7, 11) is 0. The summed E-state index contributed by atoms with van der Waals surface area (Å²) in [5.41, 5.74) is 0.933. The highest BCUT2D eigenvalue weighted by atomic mass is 35.5. The number of piperidine rings is 1. The fraction of sp³-hybridized carbons (Fsp3) is 0.263. The van der Waals surface area contributed by atoms with Crippen LogP contribution in [0.3, 0.4) is 0 Å². The van der Waals surface area contributed by atoms with Crippen molar-refractivity contribution in [2.45, 2.75) is 12.8 Å². The lowest BCUT2D eigenvalue weighted by Crippen LogP contribution is -2.42. The van der Waals surface area contributed by atoms with Gasteiger partial charge in [0.1, 0.15) is 5.82 Å². The third kappa shape index (κ3) is 3.49. The van der Waals surface area contributed by atoms with E-state index in [0.717, 1.165) is 12.8 Å². The highest BCUT2D eigenvalue weighted by Crippen LogP contribution is 2.24. The van der Waals surface area contributed by atoms with Crippen LogP contribution in [0.15, 0.2) is 48.5 Å². The van der Waals surface area contributed by atoms with Gasteiger partial charge >= 0.3 is 0 Å². The van der Waals surface area contributed by atoms with Gasteiger partial charge in [-0.05, 0) is 49.2 Å². The molecule has 5 heteroatoms. The molecule has 0 aromatic heterocycles. The van der Waals surface area contributed by atoms with Gasteiger partial charge in [0.25, 0.3) is 5.91 Å². The Hall–Kier alpha value is -2.20. The van der Waals surface area contributed by atoms with Crippen molar-refractivity contribution in [1.29, 1.82) is 0 Å². The van der Waals surface area contributed by atoms with Gasteiger partial charge in [-0.1, -0.05) is 23.7 Å². The highest BCUT2D eigenvalue weighted by molar-refractivity contribution is 6.33. The molecule has 3 rings (SSSR count). The number of ketones is 1. The summed E-state index contributed by atoms with van der Waals surface area (Å²) in [6.45, 7) is 0.970. The molecule has 1 heterocycles. The molecule has 0 unspecified atom stereocenters. The van der Waals surface area contributed by atoms with Gasteiger partial charge in [-0.3, -0.25) is 9.59 Å². The molecule has 3 nitrogen and oxygen atoms in total. The van der Waals surface area contributed by atoms with Crippen molar-refractivity contribution in [2.75, 3.05) is 13.1 Å². The van der Waals surface area contributed by atoms with Crippen LogP contribution < -0.4 is 0 Å². The summed E-state index contributed by atoms with van der Waals surface area (Å²) in [5.74, 6) is -0.842. The molecule has 24 heavy (non-hydrogen) atoms. The van der Waals surface area contributed by atoms with Crippen molar-refractivity contribution >= 4 is 23.3 Å². The van der Waals surface area contributed by atoms with E-state index in [2.05, 4.69) is 0 Å². The van der Waals surface area contributed by atoms with E-state index in [-0.39, 0.29) is 23.4 Å². The Morgan fingerprint density at radius 1 is 1.08 bits per heavy atom. The summed E-state index contributed by atoms with van der Waals surface area (Å²) in [6.07, 6.45) is 1.48. The molecule has 0 aliphatic carbocycles. The quantitative estimate of drug-likeness (QED) is 0.781. The first-order valence-corrected chi connectivity index (χ1v) is 8.27. The van der Waals surface area contributed by atoms with Crippen LogP contribution in [-0.4, -0.2) is 29.7 Å². The molecule has 0 radical (unpaired) electrons. The average Bonchev–Trinajstić information content (AvgIpc) is 2.62. The van der Waals surface area contributed by atoms with Crippen molar-refractivity contribution < 1.29 is 14.0 Å². The first kappa shape index (κ1) is 16.7. The first-order valence-electron chi connectivity index (χ1n) is 7.90. The predicted molar refractivity (Wildman–Crippen MR) is 90.8 cm³/mol. The summed E-state index contributed by atoms with van der Waals surface area (Å²) in [4.78, 5) is 26.9. The van der Waals surface area contributed by atoms with E-state index in [1.807, 2.05) is 0 Å². The fourth-order valence-corrected chi connectivity index (χ4v) is 3.25. The summed E-state index contributed by atoms with van der Waals surface area (Å²) in [6, 6.07) is 12.5. The molecule has 2 aromatic rings. The van der Waals surface area contributed by atoms with Crippen molar-refractivity contribution in [1.82, 2.24) is 4.90 Å². The highest BCUT2D eigenvalue weighted by Gasteiger charge is 2.30. The van der Waals surface area contributed by atoms with Gasteiger partial charge in [0.15, 0.2) is 5.78 Å². The molecule has 0 N–H and O–H groups in total. The van der Waals surface area contributed by atoms with Crippen LogP contribution >= 0.6 is 11.6 Å². The Kier molecular flexibility index (Phi) is 4.95. The number of benzene rings is 2. The van der Waals surface area contributed by atoms with Crippen LogP contribution in [0.2, 0.25) is 5.02 Å². The molecule has 1 fully saturated rings. The zero-order valence-corrected chi connectivity index (χ0v) is 13.8. The maximum Gasteiger partial charge on any atom is 0.255 e. The fourth-order valence-electron chi connectivity index (χ4n) is 3.03. The number of carbonyl (C=O) groups is 2. The van der Waals surface area contributed by atoms with E-state index in [4.69, 9.17) is 11.6 Å². The van der Waals surface area contributed by atoms with E-state index in [1.165, 1.54) is 24.3 Å². The first-order chi connectivity index (χ1) is 11.6. The normalized spacial score (nSPS) is 17.6. The smallest absolute Gasteiger partial charge is 0.255 e. The summed E-state index contributed by atoms with van der Waals surface area (Å²) < 4.78 is 13.0. The molecule has 1 atom stereocenters. The molecule has 1 aliphatic rings. The second-order valence-electron chi connectivity index (χ2n) is 5.94. The number of amides is 1. The Morgan fingerprint density at radius 3 is 2.50 bits per heavy atom. The van der Waals surface area contributed by atoms with E-state index in [9.17, 15) is 14.0 Å². The minimum Gasteiger partial charge on any atom is -0.338 e. The van der Waals surface area contributed by atoms with Gasteiger partial charge in [-0.2, -0.15) is 0 Å². The molecule has 1 aliphatic heterocycles. The van der Waals surface area contributed by atoms with E-state index in [0.29, 0.717) is 29.2 Å². The third-order valence-corrected chi connectivity index (χ3v) is 4.64. The third-order valence-electron chi connectivity index (χ3n) is 4.31. The van der Waals surface area contributed by atoms with E-state index < -0.39 is 0 Å². The van der Waals surface area contributed by atoms with Crippen LogP contribution in [0.4, 0.5) is 4.39 Å². The minimum atomic E-state index is -0.370. The zero-order chi connectivity index (χ0) is 17.1. The van der Waals surface area contributed by atoms with Gasteiger partial charge in [-0.15, -0.1) is 0 Å². The molecule has 0 spiro atoms. The average molecular weight is 346 g/mol. The molecular formula is C19H17ClFNO2. The second-order valence-corrected chi connectivity index (χ2v) is 6.35. The zero-order valence-electron chi connectivity index (χ0n) is 13.0. The number of nitrogens with zero attached hydrogens (tertiary/aromatic N) is 1. The van der Waals surface area contributed by atoms with Crippen molar-refractivity contribution in [3.8, 4) is 0 Å². The number of hydrogen-bond acceptors (Lipinski definition) is 2. The summed E-state index contributed by atoms with van der Waals surface area (Å²) >= 11 is 6.10. The number of likely N-dealkylation sites (tertiary alicyclic amines) is 1. The molecule has 1 saturated heterocycles. The summed E-state index contributed by atoms with van der Waals surface area (Å²) in [5, 5.41) is 0.412. The largest absolute Gasteiger partial charge is 0.338 e. The Labute approximate surface area is 145 Å². The van der Waals surface area contributed by atoms with E-state index >= 15 is 0 Å². The molecule has 1 amide bonds. The number of carbonyl (C=O) groups excluding carboxylic acids is 2.